The first kappa shape index (κ1) is 14.9. The number of nitrogens with one attached hydrogen (secondary N) is 1. The molecule has 1 aromatic carbocycles. The van der Waals surface area contributed by atoms with Crippen molar-refractivity contribution in [2.45, 2.75) is 6.18 Å². The molecule has 22 heavy (non-hydrogen) atoms. The van der Waals surface area contributed by atoms with E-state index in [1.165, 1.54) is 7.05 Å². The van der Waals surface area contributed by atoms with Crippen molar-refractivity contribution in [3.05, 3.63) is 28.4 Å². The molecule has 116 valence electrons. The van der Waals surface area contributed by atoms with E-state index in [-0.39, 0.29) is 22.7 Å². The van der Waals surface area contributed by atoms with Gasteiger partial charge >= 0.3 is 6.18 Å². The van der Waals surface area contributed by atoms with Crippen LogP contribution in [-0.2, 0) is 18.0 Å². The molecule has 0 aliphatic carbocycles. The summed E-state index contributed by atoms with van der Waals surface area (Å²) in [5, 5.41) is 6.13. The molecule has 0 fully saturated rings. The average molecular weight is 376 g/mol. The predicted octanol–water partition coefficient (Wildman–Crippen LogP) is 3.20. The number of carbonyl (C=O) groups excluding carboxylic acids is 1. The highest BCUT2D eigenvalue weighted by atomic mass is 79.9. The molecular weight excluding hydrogens is 367 g/mol. The van der Waals surface area contributed by atoms with Crippen molar-refractivity contribution in [1.29, 1.82) is 0 Å². The molecule has 2 heterocycles. The van der Waals surface area contributed by atoms with Crippen molar-refractivity contribution in [3.63, 3.8) is 0 Å². The zero-order valence-electron chi connectivity index (χ0n) is 11.2. The zero-order chi connectivity index (χ0) is 16.1. The summed E-state index contributed by atoms with van der Waals surface area (Å²) in [5.41, 5.74) is 0.148. The molecule has 0 saturated heterocycles. The highest BCUT2D eigenvalue weighted by molar-refractivity contribution is 9.10. The number of carbonyl (C=O) groups is 1. The van der Waals surface area contributed by atoms with Crippen LogP contribution >= 0.6 is 15.9 Å². The van der Waals surface area contributed by atoms with Crippen LogP contribution in [0.25, 0.3) is 11.3 Å². The number of aryl methyl sites for hydroxylation is 1. The number of benzene rings is 1. The van der Waals surface area contributed by atoms with Crippen molar-refractivity contribution in [2.75, 3.05) is 11.9 Å². The van der Waals surface area contributed by atoms with Gasteiger partial charge in [0.05, 0.1) is 15.9 Å². The zero-order valence-corrected chi connectivity index (χ0v) is 12.7. The summed E-state index contributed by atoms with van der Waals surface area (Å²) in [7, 11) is 1.42. The topological polar surface area (TPSA) is 56.2 Å². The molecule has 1 N–H and O–H groups in total. The monoisotopic (exact) mass is 375 g/mol. The Morgan fingerprint density at radius 3 is 2.77 bits per heavy atom. The molecule has 1 aromatic heterocycles. The number of amides is 1. The van der Waals surface area contributed by atoms with E-state index in [0.717, 1.165) is 4.68 Å². The predicted molar refractivity (Wildman–Crippen MR) is 75.5 cm³/mol. The molecule has 1 amide bonds. The first-order chi connectivity index (χ1) is 10.3. The van der Waals surface area contributed by atoms with Crippen LogP contribution in [0.5, 0.6) is 5.75 Å². The Morgan fingerprint density at radius 2 is 2.14 bits per heavy atom. The van der Waals surface area contributed by atoms with Gasteiger partial charge in [-0.3, -0.25) is 9.48 Å². The summed E-state index contributed by atoms with van der Waals surface area (Å²) in [5.74, 6) is 0.155. The minimum absolute atomic E-state index is 0.0834. The van der Waals surface area contributed by atoms with Gasteiger partial charge in [-0.15, -0.1) is 0 Å². The summed E-state index contributed by atoms with van der Waals surface area (Å²) in [6, 6.07) is 4.75. The van der Waals surface area contributed by atoms with Gasteiger partial charge in [0, 0.05) is 12.6 Å². The minimum atomic E-state index is -4.56. The van der Waals surface area contributed by atoms with Gasteiger partial charge in [-0.25, -0.2) is 0 Å². The third kappa shape index (κ3) is 2.45. The number of alkyl halides is 3. The number of ether oxygens (including phenoxy) is 1. The Bertz CT molecular complexity index is 771. The van der Waals surface area contributed by atoms with Crippen LogP contribution in [0.3, 0.4) is 0 Å². The lowest BCUT2D eigenvalue weighted by molar-refractivity contribution is -0.142. The minimum Gasteiger partial charge on any atom is -0.482 e. The maximum absolute atomic E-state index is 12.9. The average Bonchev–Trinajstić information content (AvgIpc) is 2.73. The normalized spacial score (nSPS) is 14.3. The van der Waals surface area contributed by atoms with Gasteiger partial charge < -0.3 is 10.1 Å². The summed E-state index contributed by atoms with van der Waals surface area (Å²) >= 11 is 2.96. The second-order valence-corrected chi connectivity index (χ2v) is 5.47. The van der Waals surface area contributed by atoms with Crippen molar-refractivity contribution in [2.24, 2.45) is 7.05 Å². The van der Waals surface area contributed by atoms with E-state index in [1.807, 2.05) is 0 Å². The van der Waals surface area contributed by atoms with Gasteiger partial charge in [-0.1, -0.05) is 0 Å². The number of hydrogen-bond donors (Lipinski definition) is 1. The lowest BCUT2D eigenvalue weighted by Gasteiger charge is -2.18. The Hall–Kier alpha value is -2.03. The highest BCUT2D eigenvalue weighted by Crippen LogP contribution is 2.41. The lowest BCUT2D eigenvalue weighted by Crippen LogP contribution is -2.25. The number of aromatic nitrogens is 2. The van der Waals surface area contributed by atoms with Gasteiger partial charge in [0.2, 0.25) is 0 Å². The molecule has 3 rings (SSSR count). The summed E-state index contributed by atoms with van der Waals surface area (Å²) in [6.45, 7) is -0.0834. The van der Waals surface area contributed by atoms with Gasteiger partial charge in [-0.05, 0) is 34.1 Å². The van der Waals surface area contributed by atoms with E-state index in [4.69, 9.17) is 4.74 Å². The molecule has 9 heteroatoms. The smallest absolute Gasteiger partial charge is 0.436 e. The van der Waals surface area contributed by atoms with Gasteiger partial charge in [0.1, 0.15) is 5.75 Å². The van der Waals surface area contributed by atoms with E-state index < -0.39 is 11.9 Å². The molecule has 1 aliphatic heterocycles. The van der Waals surface area contributed by atoms with Gasteiger partial charge in [0.15, 0.2) is 12.3 Å². The molecular formula is C13H9BrF3N3O2. The van der Waals surface area contributed by atoms with Crippen molar-refractivity contribution >= 4 is 27.5 Å². The third-order valence-corrected chi connectivity index (χ3v) is 3.89. The maximum atomic E-state index is 12.9. The number of rotatable bonds is 1. The SMILES string of the molecule is Cn1nc(C(F)(F)F)c(Br)c1-c1ccc2c(c1)NC(=O)CO2. The van der Waals surface area contributed by atoms with Gasteiger partial charge in [0.25, 0.3) is 5.91 Å². The fraction of sp³-hybridized carbons (Fsp3) is 0.231. The largest absolute Gasteiger partial charge is 0.482 e. The number of nitrogens with zero attached hydrogens (tertiary/aromatic N) is 2. The standard InChI is InChI=1S/C13H9BrF3N3O2/c1-20-11(10(14)12(19-20)13(15,16)17)6-2-3-8-7(4-6)18-9(21)5-22-8/h2-4H,5H2,1H3,(H,18,21). The molecule has 0 saturated carbocycles. The number of hydrogen-bond acceptors (Lipinski definition) is 3. The fourth-order valence-corrected chi connectivity index (χ4v) is 3.01. The van der Waals surface area contributed by atoms with E-state index in [2.05, 4.69) is 26.3 Å². The van der Waals surface area contributed by atoms with Crippen molar-refractivity contribution in [3.8, 4) is 17.0 Å². The fourth-order valence-electron chi connectivity index (χ4n) is 2.22. The second kappa shape index (κ2) is 5.01. The van der Waals surface area contributed by atoms with E-state index >= 15 is 0 Å². The first-order valence-corrected chi connectivity index (χ1v) is 6.93. The van der Waals surface area contributed by atoms with Crippen LogP contribution in [0.15, 0.2) is 22.7 Å². The summed E-state index contributed by atoms with van der Waals surface area (Å²) in [6.07, 6.45) is -4.56. The second-order valence-electron chi connectivity index (χ2n) is 4.68. The molecule has 0 spiro atoms. The number of anilines is 1. The van der Waals surface area contributed by atoms with Crippen LogP contribution < -0.4 is 10.1 Å². The molecule has 0 unspecified atom stereocenters. The highest BCUT2D eigenvalue weighted by Gasteiger charge is 2.38. The van der Waals surface area contributed by atoms with Crippen LogP contribution in [0.1, 0.15) is 5.69 Å². The third-order valence-electron chi connectivity index (χ3n) is 3.14. The first-order valence-electron chi connectivity index (χ1n) is 6.14. The van der Waals surface area contributed by atoms with E-state index in [1.54, 1.807) is 18.2 Å². The Labute approximate surface area is 131 Å². The van der Waals surface area contributed by atoms with E-state index in [9.17, 15) is 18.0 Å². The van der Waals surface area contributed by atoms with Crippen molar-refractivity contribution in [1.82, 2.24) is 9.78 Å². The Morgan fingerprint density at radius 1 is 1.41 bits per heavy atom. The van der Waals surface area contributed by atoms with Gasteiger partial charge in [-0.2, -0.15) is 18.3 Å². The molecule has 0 bridgehead atoms. The molecule has 0 atom stereocenters. The summed E-state index contributed by atoms with van der Waals surface area (Å²) in [4.78, 5) is 11.3. The maximum Gasteiger partial charge on any atom is 0.436 e. The summed E-state index contributed by atoms with van der Waals surface area (Å²) < 4.78 is 44.9. The van der Waals surface area contributed by atoms with Crippen LogP contribution in [-0.4, -0.2) is 22.3 Å². The van der Waals surface area contributed by atoms with Crippen LogP contribution in [0, 0.1) is 0 Å². The van der Waals surface area contributed by atoms with Crippen LogP contribution in [0.2, 0.25) is 0 Å². The molecule has 1 aliphatic rings. The van der Waals surface area contributed by atoms with Crippen LogP contribution in [0.4, 0.5) is 18.9 Å². The number of fused-ring (bicyclic) bond motifs is 1. The molecule has 2 aromatic rings. The Balaban J connectivity index is 2.11. The van der Waals surface area contributed by atoms with Crippen molar-refractivity contribution < 1.29 is 22.7 Å². The molecule has 0 radical (unpaired) electrons. The Kier molecular flexibility index (Phi) is 3.39. The lowest BCUT2D eigenvalue weighted by atomic mass is 10.1. The quantitative estimate of drug-likeness (QED) is 0.832. The molecule has 5 nitrogen and oxygen atoms in total. The number of halogens is 4. The van der Waals surface area contributed by atoms with E-state index in [0.29, 0.717) is 17.0 Å².